The van der Waals surface area contributed by atoms with E-state index in [1.807, 2.05) is 18.7 Å². The third-order valence-corrected chi connectivity index (χ3v) is 5.24. The molecule has 1 fully saturated rings. The minimum atomic E-state index is -0.655. The van der Waals surface area contributed by atoms with Gasteiger partial charge in [0.15, 0.2) is 5.82 Å². The number of benzene rings is 1. The molecule has 128 valence electrons. The molecule has 0 atom stereocenters. The maximum Gasteiger partial charge on any atom is 0.223 e. The first-order valence-electron chi connectivity index (χ1n) is 7.83. The van der Waals surface area contributed by atoms with Crippen molar-refractivity contribution in [3.8, 4) is 5.69 Å². The van der Waals surface area contributed by atoms with Crippen molar-refractivity contribution < 1.29 is 13.6 Å². The maximum atomic E-state index is 14.0. The van der Waals surface area contributed by atoms with Crippen LogP contribution in [0.3, 0.4) is 0 Å². The number of hydrogen-bond acceptors (Lipinski definition) is 3. The molecule has 7 heteroatoms. The van der Waals surface area contributed by atoms with Gasteiger partial charge in [-0.15, -0.1) is 11.8 Å². The smallest absolute Gasteiger partial charge is 0.223 e. The molecule has 0 unspecified atom stereocenters. The Kier molecular flexibility index (Phi) is 4.89. The molecule has 2 aromatic rings. The lowest BCUT2D eigenvalue weighted by atomic mass is 10.1. The maximum absolute atomic E-state index is 14.0. The molecule has 0 radical (unpaired) electrons. The number of aryl methyl sites for hydroxylation is 1. The number of nitrogens with zero attached hydrogens (tertiary/aromatic N) is 3. The van der Waals surface area contributed by atoms with Crippen molar-refractivity contribution in [2.45, 2.75) is 26.7 Å². The second-order valence-corrected chi connectivity index (χ2v) is 6.93. The van der Waals surface area contributed by atoms with Crippen molar-refractivity contribution in [2.24, 2.45) is 0 Å². The Hall–Kier alpha value is -1.89. The van der Waals surface area contributed by atoms with E-state index in [4.69, 9.17) is 0 Å². The number of carbonyl (C=O) groups is 1. The zero-order valence-electron chi connectivity index (χ0n) is 13.7. The standard InChI is InChI=1S/C17H19F2N3OS/c1-11-14(4-6-17(23)21-7-8-24-10-21)12(2)22(20-11)16-5-3-13(18)9-15(16)19/h3,5,9H,4,6-8,10H2,1-2H3. The second kappa shape index (κ2) is 6.93. The number of amides is 1. The van der Waals surface area contributed by atoms with Gasteiger partial charge in [0.2, 0.25) is 5.91 Å². The highest BCUT2D eigenvalue weighted by molar-refractivity contribution is 7.99. The molecule has 0 N–H and O–H groups in total. The number of hydrogen-bond donors (Lipinski definition) is 0. The van der Waals surface area contributed by atoms with Crippen molar-refractivity contribution in [3.05, 3.63) is 46.8 Å². The zero-order chi connectivity index (χ0) is 17.3. The number of aromatic nitrogens is 2. The summed E-state index contributed by atoms with van der Waals surface area (Å²) in [5.74, 6) is 0.617. The van der Waals surface area contributed by atoms with Gasteiger partial charge in [0, 0.05) is 30.5 Å². The van der Waals surface area contributed by atoms with Crippen LogP contribution in [-0.4, -0.2) is 38.8 Å². The lowest BCUT2D eigenvalue weighted by molar-refractivity contribution is -0.129. The summed E-state index contributed by atoms with van der Waals surface area (Å²) in [4.78, 5) is 14.1. The quantitative estimate of drug-likeness (QED) is 0.849. The Bertz CT molecular complexity index is 769. The summed E-state index contributed by atoms with van der Waals surface area (Å²) in [6.07, 6.45) is 0.986. The highest BCUT2D eigenvalue weighted by atomic mass is 32.2. The molecular formula is C17H19F2N3OS. The van der Waals surface area contributed by atoms with Gasteiger partial charge in [-0.1, -0.05) is 0 Å². The summed E-state index contributed by atoms with van der Waals surface area (Å²) >= 11 is 1.76. The second-order valence-electron chi connectivity index (χ2n) is 5.85. The molecule has 0 aliphatic carbocycles. The molecule has 1 aromatic heterocycles. The van der Waals surface area contributed by atoms with E-state index in [2.05, 4.69) is 5.10 Å². The van der Waals surface area contributed by atoms with Gasteiger partial charge >= 0.3 is 0 Å². The average molecular weight is 351 g/mol. The van der Waals surface area contributed by atoms with E-state index in [0.717, 1.165) is 41.2 Å². The third-order valence-electron chi connectivity index (χ3n) is 4.27. The molecule has 3 rings (SSSR count). The Morgan fingerprint density at radius 1 is 1.33 bits per heavy atom. The Labute approximate surface area is 143 Å². The summed E-state index contributed by atoms with van der Waals surface area (Å²) in [5, 5.41) is 4.37. The van der Waals surface area contributed by atoms with Gasteiger partial charge in [-0.2, -0.15) is 5.10 Å². The number of carbonyl (C=O) groups excluding carboxylic acids is 1. The van der Waals surface area contributed by atoms with E-state index in [1.54, 1.807) is 11.8 Å². The van der Waals surface area contributed by atoms with Crippen LogP contribution in [-0.2, 0) is 11.2 Å². The lowest BCUT2D eigenvalue weighted by Gasteiger charge is -2.14. The first-order chi connectivity index (χ1) is 11.5. The number of rotatable bonds is 4. The van der Waals surface area contributed by atoms with Gasteiger partial charge in [0.05, 0.1) is 11.6 Å². The third kappa shape index (κ3) is 3.31. The van der Waals surface area contributed by atoms with E-state index in [0.29, 0.717) is 12.8 Å². The van der Waals surface area contributed by atoms with Crippen LogP contribution in [0.15, 0.2) is 18.2 Å². The first kappa shape index (κ1) is 17.0. The molecule has 1 saturated heterocycles. The molecule has 1 aromatic carbocycles. The first-order valence-corrected chi connectivity index (χ1v) is 8.99. The fraction of sp³-hybridized carbons (Fsp3) is 0.412. The average Bonchev–Trinajstić information content (AvgIpc) is 3.15. The van der Waals surface area contributed by atoms with Crippen LogP contribution < -0.4 is 0 Å². The van der Waals surface area contributed by atoms with Crippen LogP contribution in [0.1, 0.15) is 23.4 Å². The minimum absolute atomic E-state index is 0.138. The summed E-state index contributed by atoms with van der Waals surface area (Å²) in [6, 6.07) is 3.43. The fourth-order valence-corrected chi connectivity index (χ4v) is 3.90. The summed E-state index contributed by atoms with van der Waals surface area (Å²) < 4.78 is 28.6. The van der Waals surface area contributed by atoms with Crippen LogP contribution in [0.25, 0.3) is 5.69 Å². The summed E-state index contributed by atoms with van der Waals surface area (Å²) in [7, 11) is 0. The predicted octanol–water partition coefficient (Wildman–Crippen LogP) is 3.23. The highest BCUT2D eigenvalue weighted by Crippen LogP contribution is 2.22. The fourth-order valence-electron chi connectivity index (χ4n) is 2.93. The Balaban J connectivity index is 1.80. The van der Waals surface area contributed by atoms with Crippen LogP contribution in [0, 0.1) is 25.5 Å². The zero-order valence-corrected chi connectivity index (χ0v) is 14.5. The monoisotopic (exact) mass is 351 g/mol. The van der Waals surface area contributed by atoms with Crippen LogP contribution >= 0.6 is 11.8 Å². The van der Waals surface area contributed by atoms with E-state index in [-0.39, 0.29) is 11.6 Å². The minimum Gasteiger partial charge on any atom is -0.333 e. The lowest BCUT2D eigenvalue weighted by Crippen LogP contribution is -2.28. The summed E-state index contributed by atoms with van der Waals surface area (Å²) in [6.45, 7) is 4.49. The van der Waals surface area contributed by atoms with Gasteiger partial charge in [0.1, 0.15) is 11.5 Å². The topological polar surface area (TPSA) is 38.1 Å². The van der Waals surface area contributed by atoms with E-state index in [9.17, 15) is 13.6 Å². The van der Waals surface area contributed by atoms with Crippen LogP contribution in [0.2, 0.25) is 0 Å². The number of halogens is 2. The largest absolute Gasteiger partial charge is 0.333 e. The molecule has 2 heterocycles. The molecule has 1 aliphatic heterocycles. The molecule has 0 spiro atoms. The van der Waals surface area contributed by atoms with Gasteiger partial charge in [-0.05, 0) is 38.0 Å². The van der Waals surface area contributed by atoms with E-state index < -0.39 is 11.6 Å². The van der Waals surface area contributed by atoms with Gasteiger partial charge in [0.25, 0.3) is 0 Å². The number of thioether (sulfide) groups is 1. The normalized spacial score (nSPS) is 14.4. The molecule has 0 saturated carbocycles. The van der Waals surface area contributed by atoms with Crippen molar-refractivity contribution >= 4 is 17.7 Å². The van der Waals surface area contributed by atoms with Crippen LogP contribution in [0.5, 0.6) is 0 Å². The van der Waals surface area contributed by atoms with Crippen LogP contribution in [0.4, 0.5) is 8.78 Å². The molecule has 24 heavy (non-hydrogen) atoms. The van der Waals surface area contributed by atoms with Crippen molar-refractivity contribution in [2.75, 3.05) is 18.2 Å². The Morgan fingerprint density at radius 3 is 2.79 bits per heavy atom. The molecule has 1 amide bonds. The van der Waals surface area contributed by atoms with E-state index in [1.165, 1.54) is 16.8 Å². The molecule has 1 aliphatic rings. The Morgan fingerprint density at radius 2 is 2.12 bits per heavy atom. The van der Waals surface area contributed by atoms with Gasteiger partial charge in [-0.3, -0.25) is 4.79 Å². The SMILES string of the molecule is Cc1nn(-c2ccc(F)cc2F)c(C)c1CCC(=O)N1CCSC1. The summed E-state index contributed by atoms with van der Waals surface area (Å²) in [5.41, 5.74) is 2.70. The molecule has 0 bridgehead atoms. The van der Waals surface area contributed by atoms with Gasteiger partial charge < -0.3 is 4.90 Å². The van der Waals surface area contributed by atoms with Crippen molar-refractivity contribution in [1.82, 2.24) is 14.7 Å². The molecule has 4 nitrogen and oxygen atoms in total. The predicted molar refractivity (Wildman–Crippen MR) is 90.3 cm³/mol. The van der Waals surface area contributed by atoms with Crippen molar-refractivity contribution in [3.63, 3.8) is 0 Å². The van der Waals surface area contributed by atoms with Crippen molar-refractivity contribution in [1.29, 1.82) is 0 Å². The van der Waals surface area contributed by atoms with E-state index >= 15 is 0 Å². The molecular weight excluding hydrogens is 332 g/mol. The highest BCUT2D eigenvalue weighted by Gasteiger charge is 2.20. The van der Waals surface area contributed by atoms with Gasteiger partial charge in [-0.25, -0.2) is 13.5 Å².